The fraction of sp³-hybridized carbons (Fsp3) is 0.944. The van der Waals surface area contributed by atoms with Crippen LogP contribution in [0.25, 0.3) is 0 Å². The number of rotatable bonds is 17. The van der Waals surface area contributed by atoms with E-state index in [1.54, 1.807) is 0 Å². The average Bonchev–Trinajstić information content (AvgIpc) is 3.27. The van der Waals surface area contributed by atoms with Crippen LogP contribution in [-0.2, 0) is 52.2 Å². The molecule has 0 aromatic carbocycles. The highest BCUT2D eigenvalue weighted by atomic mass is 16.8. The number of carboxylic acids is 1. The molecule has 378 valence electrons. The van der Waals surface area contributed by atoms with Gasteiger partial charge >= 0.3 is 5.97 Å². The quantitative estimate of drug-likeness (QED) is 0.0644. The molecule has 5 rings (SSSR count). The molecule has 5 saturated heterocycles. The van der Waals surface area contributed by atoms with E-state index in [0.29, 0.717) is 0 Å². The molecule has 29 nitrogen and oxygen atoms in total. The van der Waals surface area contributed by atoms with E-state index >= 15 is 0 Å². The van der Waals surface area contributed by atoms with E-state index in [4.69, 9.17) is 42.6 Å². The Bertz CT molecular complexity index is 1530. The van der Waals surface area contributed by atoms with Gasteiger partial charge in [-0.3, -0.25) is 4.79 Å². The molecule has 18 N–H and O–H groups in total. The van der Waals surface area contributed by atoms with Crippen molar-refractivity contribution in [3.8, 4) is 0 Å². The number of aliphatic hydroxyl groups excluding tert-OH is 16. The SMILES string of the molecule is CC(=O)NC1[C@H](O[C@@H]2C(O)[C@H](O[C@@H]3C(CO)OC(O)C(O)[C@H]3O)OC(CO[C@]3(C(=O)O)C[C@@H](O)[C@@H](C)[C@H]([C@H](O)[C@H](O)CO)O3)[C@@H]2O)OC(CO)[C@@H](O[C@@H]2OC(CO)[C@H](O)[C@H](O)C2O)[C@@H]1O. The minimum atomic E-state index is -2.88. The fourth-order valence-corrected chi connectivity index (χ4v) is 8.20. The molecule has 9 unspecified atom stereocenters. The lowest BCUT2D eigenvalue weighted by atomic mass is 9.84. The zero-order chi connectivity index (χ0) is 48.4. The van der Waals surface area contributed by atoms with Crippen LogP contribution < -0.4 is 5.32 Å². The lowest BCUT2D eigenvalue weighted by molar-refractivity contribution is -0.385. The zero-order valence-electron chi connectivity index (χ0n) is 34.8. The minimum absolute atomic E-state index is 0.835. The van der Waals surface area contributed by atoms with Crippen molar-refractivity contribution >= 4 is 11.9 Å². The summed E-state index contributed by atoms with van der Waals surface area (Å²) in [5, 5.41) is 181. The molecule has 0 saturated carbocycles. The van der Waals surface area contributed by atoms with Gasteiger partial charge in [-0.05, 0) is 0 Å². The zero-order valence-corrected chi connectivity index (χ0v) is 34.8. The molecular weight excluding hydrogens is 894 g/mol. The Labute approximate surface area is 368 Å². The van der Waals surface area contributed by atoms with Gasteiger partial charge in [-0.15, -0.1) is 0 Å². The summed E-state index contributed by atoms with van der Waals surface area (Å²) in [5.74, 6) is -6.70. The fourth-order valence-electron chi connectivity index (χ4n) is 8.20. The van der Waals surface area contributed by atoms with Crippen molar-refractivity contribution in [3.05, 3.63) is 0 Å². The van der Waals surface area contributed by atoms with Gasteiger partial charge < -0.3 is 135 Å². The maximum absolute atomic E-state index is 12.8. The van der Waals surface area contributed by atoms with E-state index < -0.39 is 210 Å². The molecule has 29 heteroatoms. The Morgan fingerprint density at radius 3 is 1.75 bits per heavy atom. The van der Waals surface area contributed by atoms with E-state index in [2.05, 4.69) is 5.32 Å². The largest absolute Gasteiger partial charge is 0.477 e. The molecule has 0 bridgehead atoms. The second kappa shape index (κ2) is 22.6. The van der Waals surface area contributed by atoms with E-state index in [1.165, 1.54) is 6.92 Å². The summed E-state index contributed by atoms with van der Waals surface area (Å²) in [7, 11) is 0. The summed E-state index contributed by atoms with van der Waals surface area (Å²) in [4.78, 5) is 25.3. The van der Waals surface area contributed by atoms with Crippen LogP contribution in [0, 0.1) is 5.92 Å². The molecule has 5 aliphatic rings. The second-order valence-corrected chi connectivity index (χ2v) is 16.5. The first kappa shape index (κ1) is 53.9. The van der Waals surface area contributed by atoms with Gasteiger partial charge in [0, 0.05) is 19.3 Å². The van der Waals surface area contributed by atoms with Crippen LogP contribution in [-0.4, -0.2) is 285 Å². The topological polar surface area (TPSA) is 473 Å². The van der Waals surface area contributed by atoms with Gasteiger partial charge in [-0.1, -0.05) is 6.92 Å². The predicted octanol–water partition coefficient (Wildman–Crippen LogP) is -11.3. The van der Waals surface area contributed by atoms with Crippen molar-refractivity contribution in [2.24, 2.45) is 5.92 Å². The second-order valence-electron chi connectivity index (χ2n) is 16.5. The van der Waals surface area contributed by atoms with Crippen molar-refractivity contribution in [2.75, 3.05) is 33.0 Å². The molecule has 0 spiro atoms. The van der Waals surface area contributed by atoms with Crippen molar-refractivity contribution in [2.45, 2.75) is 173 Å². The number of carboxylic acid groups (broad SMARTS) is 1. The van der Waals surface area contributed by atoms with Gasteiger partial charge in [0.25, 0.3) is 5.79 Å². The van der Waals surface area contributed by atoms with E-state index in [-0.39, 0.29) is 0 Å². The highest BCUT2D eigenvalue weighted by molar-refractivity contribution is 5.76. The predicted molar refractivity (Wildman–Crippen MR) is 198 cm³/mol. The third-order valence-electron chi connectivity index (χ3n) is 12.1. The number of aliphatic hydroxyl groups is 16. The van der Waals surface area contributed by atoms with Crippen LogP contribution in [0.3, 0.4) is 0 Å². The smallest absolute Gasteiger partial charge is 0.364 e. The van der Waals surface area contributed by atoms with E-state index in [0.717, 1.165) is 6.92 Å². The Morgan fingerprint density at radius 1 is 0.646 bits per heavy atom. The van der Waals surface area contributed by atoms with Gasteiger partial charge in [0.15, 0.2) is 25.2 Å². The highest BCUT2D eigenvalue weighted by Gasteiger charge is 2.58. The first-order chi connectivity index (χ1) is 30.5. The monoisotopic (exact) mass is 955 g/mol. The van der Waals surface area contributed by atoms with E-state index in [9.17, 15) is 96.4 Å². The molecule has 5 aliphatic heterocycles. The molecule has 0 aromatic rings. The standard InChI is InChI=1S/C36H61NO28/c1-9-11(43)3-36(35(55)56,65-27(9)18(45)12(44)4-38)57-8-16-20(47)30(26(53)34(61-16)63-29-14(6-40)58-31(54)24(51)23(29)50)64-32-17(37-10(2)42)21(48)28(15(7-41)60-32)62-33-25(52)22(49)19(46)13(5-39)59-33/h9,11-34,38-41,43-54H,3-8H2,1-2H3,(H,37,42)(H,55,56)/t9-,11-,12-,13?,14?,15?,16?,17?,18-,19+,20+,21-,22+,23-,24?,25?,26?,27-,28-,29-,30+,31?,32+,33+,34+,36-/m1/s1. The molecule has 0 radical (unpaired) electrons. The number of hydrogen-bond acceptors (Lipinski definition) is 27. The van der Waals surface area contributed by atoms with Gasteiger partial charge in [0.05, 0.1) is 45.2 Å². The van der Waals surface area contributed by atoms with Crippen molar-refractivity contribution in [3.63, 3.8) is 0 Å². The minimum Gasteiger partial charge on any atom is -0.477 e. The number of carbonyl (C=O) groups excluding carboxylic acids is 1. The third-order valence-corrected chi connectivity index (χ3v) is 12.1. The molecule has 5 fully saturated rings. The molecular formula is C36H61NO28. The lowest BCUT2D eigenvalue weighted by Gasteiger charge is -2.50. The van der Waals surface area contributed by atoms with Crippen molar-refractivity contribution in [1.29, 1.82) is 0 Å². The molecule has 0 aliphatic carbocycles. The summed E-state index contributed by atoms with van der Waals surface area (Å²) >= 11 is 0. The van der Waals surface area contributed by atoms with Crippen molar-refractivity contribution in [1.82, 2.24) is 5.32 Å². The maximum Gasteiger partial charge on any atom is 0.364 e. The van der Waals surface area contributed by atoms with E-state index in [1.807, 2.05) is 0 Å². The van der Waals surface area contributed by atoms with Gasteiger partial charge in [-0.2, -0.15) is 0 Å². The van der Waals surface area contributed by atoms with Crippen molar-refractivity contribution < 1.29 is 139 Å². The summed E-state index contributed by atoms with van der Waals surface area (Å²) in [6, 6.07) is -1.79. The van der Waals surface area contributed by atoms with Crippen LogP contribution in [0.4, 0.5) is 0 Å². The number of aliphatic carboxylic acids is 1. The van der Waals surface area contributed by atoms with Crippen LogP contribution >= 0.6 is 0 Å². The lowest BCUT2D eigenvalue weighted by Crippen LogP contribution is -2.70. The number of carbonyl (C=O) groups is 2. The Morgan fingerprint density at radius 2 is 1.18 bits per heavy atom. The van der Waals surface area contributed by atoms with Gasteiger partial charge in [-0.25, -0.2) is 4.79 Å². The number of ether oxygens (including phenoxy) is 9. The Hall–Kier alpha value is -2.06. The third kappa shape index (κ3) is 11.4. The number of nitrogens with one attached hydrogen (secondary N) is 1. The highest BCUT2D eigenvalue weighted by Crippen LogP contribution is 2.39. The first-order valence-corrected chi connectivity index (χ1v) is 20.6. The first-order valence-electron chi connectivity index (χ1n) is 20.6. The Kier molecular flexibility index (Phi) is 18.7. The number of amides is 1. The molecule has 26 atom stereocenters. The summed E-state index contributed by atoms with van der Waals surface area (Å²) in [5.41, 5.74) is 0. The molecule has 0 aromatic heterocycles. The maximum atomic E-state index is 12.8. The summed E-state index contributed by atoms with van der Waals surface area (Å²) in [6.45, 7) is -2.63. The normalized spacial score (nSPS) is 48.3. The molecule has 65 heavy (non-hydrogen) atoms. The van der Waals surface area contributed by atoms with Crippen LogP contribution in [0.15, 0.2) is 0 Å². The molecule has 1 amide bonds. The summed E-state index contributed by atoms with van der Waals surface area (Å²) < 4.78 is 50.8. The molecule has 5 heterocycles. The van der Waals surface area contributed by atoms with Crippen LogP contribution in [0.1, 0.15) is 20.3 Å². The summed E-state index contributed by atoms with van der Waals surface area (Å²) in [6.07, 6.45) is -45.0. The van der Waals surface area contributed by atoms with Gasteiger partial charge in [0.1, 0.15) is 110 Å². The average molecular weight is 956 g/mol. The van der Waals surface area contributed by atoms with Gasteiger partial charge in [0.2, 0.25) is 5.91 Å². The van der Waals surface area contributed by atoms with Crippen LogP contribution in [0.2, 0.25) is 0 Å². The Balaban J connectivity index is 1.46. The number of hydrogen-bond donors (Lipinski definition) is 18. The van der Waals surface area contributed by atoms with Crippen LogP contribution in [0.5, 0.6) is 0 Å².